The molecule has 2 aromatic carbocycles. The molecule has 0 N–H and O–H groups in total. The van der Waals surface area contributed by atoms with Gasteiger partial charge in [0.05, 0.1) is 12.0 Å². The van der Waals surface area contributed by atoms with Crippen LogP contribution in [-0.4, -0.2) is 27.8 Å². The Morgan fingerprint density at radius 2 is 1.77 bits per heavy atom. The third kappa shape index (κ3) is 2.51. The van der Waals surface area contributed by atoms with Crippen LogP contribution < -0.4 is 0 Å². The maximum Gasteiger partial charge on any atom is 0.255 e. The molecule has 0 unspecified atom stereocenters. The fourth-order valence-corrected chi connectivity index (χ4v) is 4.33. The number of carbonyl (C=O) groups excluding carboxylic acids is 1. The van der Waals surface area contributed by atoms with Crippen LogP contribution in [0.1, 0.15) is 46.8 Å². The Hall–Kier alpha value is -2.95. The molecule has 132 valence electrons. The van der Waals surface area contributed by atoms with Crippen molar-refractivity contribution in [1.29, 1.82) is 0 Å². The monoisotopic (exact) mass is 348 g/mol. The number of nitrogens with zero attached hydrogens (tertiary/aromatic N) is 2. The van der Waals surface area contributed by atoms with E-state index in [-0.39, 0.29) is 22.8 Å². The highest BCUT2D eigenvalue weighted by Gasteiger charge is 2.48. The second-order valence-electron chi connectivity index (χ2n) is 6.92. The van der Waals surface area contributed by atoms with Crippen LogP contribution >= 0.6 is 0 Å². The van der Waals surface area contributed by atoms with Gasteiger partial charge in [-0.3, -0.25) is 14.9 Å². The summed E-state index contributed by atoms with van der Waals surface area (Å²) in [6.07, 6.45) is 4.42. The SMILES string of the molecule is C[C@H]1c2ccccc2C(=O)N1[C@H]1C=CC[C@H](c2ccccc2)[C@H]1[N+](=O)[O-]. The molecule has 0 fully saturated rings. The first kappa shape index (κ1) is 16.5. The standard InChI is InChI=1S/C21H20N2O3/c1-14-16-10-5-6-11-18(16)21(24)22(14)19-13-7-12-17(20(19)23(25)26)15-8-3-2-4-9-15/h2-11,13-14,17,19-20H,12H2,1H3/t14-,17+,19-,20+/m0/s1. The highest BCUT2D eigenvalue weighted by Crippen LogP contribution is 2.41. The molecular formula is C21H20N2O3. The zero-order valence-corrected chi connectivity index (χ0v) is 14.5. The Morgan fingerprint density at radius 1 is 1.08 bits per heavy atom. The number of hydrogen-bond acceptors (Lipinski definition) is 3. The van der Waals surface area contributed by atoms with Crippen LogP contribution in [0.15, 0.2) is 66.7 Å². The van der Waals surface area contributed by atoms with Crippen molar-refractivity contribution in [2.75, 3.05) is 0 Å². The van der Waals surface area contributed by atoms with Gasteiger partial charge >= 0.3 is 0 Å². The lowest BCUT2D eigenvalue weighted by Crippen LogP contribution is -2.51. The van der Waals surface area contributed by atoms with E-state index >= 15 is 0 Å². The summed E-state index contributed by atoms with van der Waals surface area (Å²) in [5, 5.41) is 12.0. The molecule has 2 aromatic rings. The molecule has 0 spiro atoms. The van der Waals surface area contributed by atoms with Crippen LogP contribution in [0, 0.1) is 10.1 Å². The van der Waals surface area contributed by atoms with Crippen LogP contribution in [0.2, 0.25) is 0 Å². The Balaban J connectivity index is 1.74. The van der Waals surface area contributed by atoms with Crippen molar-refractivity contribution in [2.45, 2.75) is 37.4 Å². The zero-order valence-electron chi connectivity index (χ0n) is 14.5. The molecule has 1 heterocycles. The number of rotatable bonds is 3. The number of benzene rings is 2. The third-order valence-electron chi connectivity index (χ3n) is 5.57. The van der Waals surface area contributed by atoms with Gasteiger partial charge in [-0.2, -0.15) is 0 Å². The largest absolute Gasteiger partial charge is 0.318 e. The van der Waals surface area contributed by atoms with Gasteiger partial charge in [-0.05, 0) is 30.5 Å². The van der Waals surface area contributed by atoms with Crippen LogP contribution in [0.25, 0.3) is 0 Å². The van der Waals surface area contributed by atoms with E-state index in [1.807, 2.05) is 67.6 Å². The van der Waals surface area contributed by atoms with Gasteiger partial charge in [-0.15, -0.1) is 0 Å². The Bertz CT molecular complexity index is 878. The first-order valence-electron chi connectivity index (χ1n) is 8.86. The summed E-state index contributed by atoms with van der Waals surface area (Å²) >= 11 is 0. The first-order chi connectivity index (χ1) is 12.6. The molecule has 0 aromatic heterocycles. The molecule has 4 rings (SSSR count). The lowest BCUT2D eigenvalue weighted by atomic mass is 9.80. The van der Waals surface area contributed by atoms with Crippen molar-refractivity contribution < 1.29 is 9.72 Å². The molecule has 5 heteroatoms. The third-order valence-corrected chi connectivity index (χ3v) is 5.57. The second-order valence-corrected chi connectivity index (χ2v) is 6.92. The molecular weight excluding hydrogens is 328 g/mol. The Kier molecular flexibility index (Phi) is 4.07. The smallest absolute Gasteiger partial charge is 0.255 e. The molecule has 4 atom stereocenters. The van der Waals surface area contributed by atoms with E-state index < -0.39 is 12.1 Å². The molecule has 0 radical (unpaired) electrons. The van der Waals surface area contributed by atoms with Gasteiger partial charge in [0.25, 0.3) is 5.91 Å². The van der Waals surface area contributed by atoms with Gasteiger partial charge in [0, 0.05) is 10.5 Å². The molecule has 0 bridgehead atoms. The molecule has 0 saturated heterocycles. The van der Waals surface area contributed by atoms with Gasteiger partial charge in [0.15, 0.2) is 0 Å². The number of hydrogen-bond donors (Lipinski definition) is 0. The highest BCUT2D eigenvalue weighted by molar-refractivity contribution is 5.99. The van der Waals surface area contributed by atoms with Crippen molar-refractivity contribution in [3.63, 3.8) is 0 Å². The summed E-state index contributed by atoms with van der Waals surface area (Å²) in [6, 6.07) is 15.5. The van der Waals surface area contributed by atoms with E-state index in [4.69, 9.17) is 0 Å². The van der Waals surface area contributed by atoms with Gasteiger partial charge in [0.2, 0.25) is 6.04 Å². The molecule has 1 aliphatic heterocycles. The van der Waals surface area contributed by atoms with Crippen LogP contribution in [0.5, 0.6) is 0 Å². The maximum absolute atomic E-state index is 13.0. The van der Waals surface area contributed by atoms with Gasteiger partial charge in [-0.25, -0.2) is 0 Å². The quantitative estimate of drug-likeness (QED) is 0.479. The van der Waals surface area contributed by atoms with Crippen LogP contribution in [0.3, 0.4) is 0 Å². The van der Waals surface area contributed by atoms with Crippen molar-refractivity contribution in [3.8, 4) is 0 Å². The molecule has 5 nitrogen and oxygen atoms in total. The van der Waals surface area contributed by atoms with Gasteiger partial charge < -0.3 is 4.90 Å². The predicted molar refractivity (Wildman–Crippen MR) is 98.5 cm³/mol. The van der Waals surface area contributed by atoms with E-state index in [2.05, 4.69) is 0 Å². The summed E-state index contributed by atoms with van der Waals surface area (Å²) < 4.78 is 0. The highest BCUT2D eigenvalue weighted by atomic mass is 16.6. The minimum Gasteiger partial charge on any atom is -0.318 e. The fourth-order valence-electron chi connectivity index (χ4n) is 4.33. The van der Waals surface area contributed by atoms with E-state index in [0.717, 1.165) is 11.1 Å². The minimum absolute atomic E-state index is 0.122. The molecule has 1 amide bonds. The lowest BCUT2D eigenvalue weighted by molar-refractivity contribution is -0.532. The van der Waals surface area contributed by atoms with E-state index in [1.54, 1.807) is 11.0 Å². The van der Waals surface area contributed by atoms with E-state index in [1.165, 1.54) is 0 Å². The average molecular weight is 348 g/mol. The second kappa shape index (κ2) is 6.41. The first-order valence-corrected chi connectivity index (χ1v) is 8.86. The summed E-state index contributed by atoms with van der Waals surface area (Å²) in [6.45, 7) is 1.95. The van der Waals surface area contributed by atoms with E-state index in [0.29, 0.717) is 12.0 Å². The number of nitro groups is 1. The number of fused-ring (bicyclic) bond motifs is 1. The predicted octanol–water partition coefficient (Wildman–Crippen LogP) is 3.96. The molecule has 0 saturated carbocycles. The summed E-state index contributed by atoms with van der Waals surface area (Å²) in [5.41, 5.74) is 2.53. The molecule has 26 heavy (non-hydrogen) atoms. The number of carbonyl (C=O) groups is 1. The van der Waals surface area contributed by atoms with Crippen LogP contribution in [-0.2, 0) is 0 Å². The van der Waals surface area contributed by atoms with Crippen molar-refractivity contribution >= 4 is 5.91 Å². The van der Waals surface area contributed by atoms with Crippen molar-refractivity contribution in [3.05, 3.63) is 93.6 Å². The van der Waals surface area contributed by atoms with Crippen LogP contribution in [0.4, 0.5) is 0 Å². The summed E-state index contributed by atoms with van der Waals surface area (Å²) in [7, 11) is 0. The minimum atomic E-state index is -0.858. The zero-order chi connectivity index (χ0) is 18.3. The summed E-state index contributed by atoms with van der Waals surface area (Å²) in [4.78, 5) is 26.5. The topological polar surface area (TPSA) is 63.5 Å². The average Bonchev–Trinajstić information content (AvgIpc) is 2.93. The lowest BCUT2D eigenvalue weighted by Gasteiger charge is -2.36. The summed E-state index contributed by atoms with van der Waals surface area (Å²) in [5.74, 6) is -0.367. The molecule has 2 aliphatic rings. The number of allylic oxidation sites excluding steroid dienone is 1. The van der Waals surface area contributed by atoms with Gasteiger partial charge in [-0.1, -0.05) is 60.7 Å². The van der Waals surface area contributed by atoms with E-state index in [9.17, 15) is 14.9 Å². The molecule has 1 aliphatic carbocycles. The van der Waals surface area contributed by atoms with Gasteiger partial charge in [0.1, 0.15) is 6.04 Å². The van der Waals surface area contributed by atoms with Crippen molar-refractivity contribution in [1.82, 2.24) is 4.90 Å². The number of amides is 1. The maximum atomic E-state index is 13.0. The Labute approximate surface area is 152 Å². The van der Waals surface area contributed by atoms with Crippen molar-refractivity contribution in [2.24, 2.45) is 0 Å². The normalized spacial score (nSPS) is 27.4. The Morgan fingerprint density at radius 3 is 2.46 bits per heavy atom. The fraction of sp³-hybridized carbons (Fsp3) is 0.286.